The number of nitrogens with zero attached hydrogens (tertiary/aromatic N) is 1. The van der Waals surface area contributed by atoms with Crippen molar-refractivity contribution in [1.29, 1.82) is 0 Å². The van der Waals surface area contributed by atoms with Gasteiger partial charge in [-0.1, -0.05) is 6.07 Å². The van der Waals surface area contributed by atoms with Gasteiger partial charge in [-0.2, -0.15) is 0 Å². The molecule has 88 valence electrons. The van der Waals surface area contributed by atoms with Gasteiger partial charge in [-0.25, -0.2) is 4.39 Å². The molecule has 0 unspecified atom stereocenters. The van der Waals surface area contributed by atoms with E-state index in [1.165, 1.54) is 0 Å². The topological polar surface area (TPSA) is 24.9 Å². The number of pyridine rings is 1. The Kier molecular flexibility index (Phi) is 3.49. The van der Waals surface area contributed by atoms with Gasteiger partial charge in [-0.15, -0.1) is 0 Å². The fourth-order valence-corrected chi connectivity index (χ4v) is 1.88. The lowest BCUT2D eigenvalue weighted by Crippen LogP contribution is -2.09. The molecule has 2 rings (SSSR count). The highest BCUT2D eigenvalue weighted by atomic mass is 19.1. The van der Waals surface area contributed by atoms with Crippen LogP contribution >= 0.6 is 0 Å². The Labute approximate surface area is 101 Å². The summed E-state index contributed by atoms with van der Waals surface area (Å²) in [5.41, 5.74) is 3.23. The number of aryl methyl sites for hydroxylation is 1. The third kappa shape index (κ3) is 2.50. The predicted octanol–water partition coefficient (Wildman–Crippen LogP) is 2.92. The first-order valence-electron chi connectivity index (χ1n) is 5.57. The van der Waals surface area contributed by atoms with E-state index in [9.17, 15) is 4.39 Å². The average Bonchev–Trinajstić information content (AvgIpc) is 2.33. The molecule has 0 bridgehead atoms. The maximum absolute atomic E-state index is 13.9. The van der Waals surface area contributed by atoms with Crippen molar-refractivity contribution in [3.05, 3.63) is 53.5 Å². The van der Waals surface area contributed by atoms with E-state index in [1.807, 2.05) is 38.2 Å². The Hall–Kier alpha value is -1.74. The normalized spacial score (nSPS) is 10.5. The molecule has 0 radical (unpaired) electrons. The van der Waals surface area contributed by atoms with Crippen LogP contribution in [0.4, 0.5) is 4.39 Å². The highest BCUT2D eigenvalue weighted by Crippen LogP contribution is 2.25. The first-order valence-corrected chi connectivity index (χ1v) is 5.57. The van der Waals surface area contributed by atoms with Crippen molar-refractivity contribution in [3.63, 3.8) is 0 Å². The number of hydrogen-bond acceptors (Lipinski definition) is 2. The zero-order chi connectivity index (χ0) is 12.3. The molecule has 0 amide bonds. The van der Waals surface area contributed by atoms with Crippen molar-refractivity contribution in [2.75, 3.05) is 7.05 Å². The molecule has 2 aromatic rings. The van der Waals surface area contributed by atoms with Gasteiger partial charge in [0.1, 0.15) is 5.82 Å². The van der Waals surface area contributed by atoms with E-state index in [1.54, 1.807) is 12.3 Å². The van der Waals surface area contributed by atoms with Gasteiger partial charge in [0.05, 0.1) is 5.69 Å². The fraction of sp³-hybridized carbons (Fsp3) is 0.214. The van der Waals surface area contributed by atoms with Gasteiger partial charge in [0.25, 0.3) is 0 Å². The van der Waals surface area contributed by atoms with E-state index < -0.39 is 0 Å². The Bertz CT molecular complexity index is 509. The maximum atomic E-state index is 13.9. The molecule has 0 atom stereocenters. The van der Waals surface area contributed by atoms with Crippen LogP contribution < -0.4 is 5.32 Å². The largest absolute Gasteiger partial charge is 0.316 e. The van der Waals surface area contributed by atoms with Gasteiger partial charge < -0.3 is 5.32 Å². The van der Waals surface area contributed by atoms with Crippen molar-refractivity contribution >= 4 is 0 Å². The van der Waals surface area contributed by atoms with Crippen molar-refractivity contribution < 1.29 is 4.39 Å². The number of aromatic nitrogens is 1. The Morgan fingerprint density at radius 1 is 1.29 bits per heavy atom. The summed E-state index contributed by atoms with van der Waals surface area (Å²) in [7, 11) is 1.81. The highest BCUT2D eigenvalue weighted by molar-refractivity contribution is 5.64. The molecule has 0 saturated heterocycles. The van der Waals surface area contributed by atoms with Crippen LogP contribution in [-0.4, -0.2) is 12.0 Å². The number of benzene rings is 1. The number of rotatable bonds is 3. The number of halogens is 1. The molecule has 0 aliphatic rings. The smallest absolute Gasteiger partial charge is 0.128 e. The minimum Gasteiger partial charge on any atom is -0.316 e. The zero-order valence-corrected chi connectivity index (χ0v) is 10.00. The van der Waals surface area contributed by atoms with Gasteiger partial charge in [0.2, 0.25) is 0 Å². The van der Waals surface area contributed by atoms with E-state index in [0.717, 1.165) is 16.8 Å². The first kappa shape index (κ1) is 11.7. The third-order valence-corrected chi connectivity index (χ3v) is 2.63. The second-order valence-corrected chi connectivity index (χ2v) is 4.02. The molecule has 0 saturated carbocycles. The lowest BCUT2D eigenvalue weighted by Gasteiger charge is -2.11. The summed E-state index contributed by atoms with van der Waals surface area (Å²) in [5, 5.41) is 2.99. The summed E-state index contributed by atoms with van der Waals surface area (Å²) >= 11 is 0. The van der Waals surface area contributed by atoms with Crippen LogP contribution in [0.25, 0.3) is 11.3 Å². The second kappa shape index (κ2) is 5.06. The molecule has 1 aromatic heterocycles. The van der Waals surface area contributed by atoms with Gasteiger partial charge in [0, 0.05) is 23.9 Å². The van der Waals surface area contributed by atoms with Crippen LogP contribution in [0.15, 0.2) is 36.5 Å². The van der Waals surface area contributed by atoms with Crippen molar-refractivity contribution in [2.45, 2.75) is 13.5 Å². The molecule has 0 fully saturated rings. The molecule has 0 spiro atoms. The van der Waals surface area contributed by atoms with Crippen LogP contribution in [-0.2, 0) is 6.54 Å². The molecular weight excluding hydrogens is 215 g/mol. The molecule has 17 heavy (non-hydrogen) atoms. The Morgan fingerprint density at radius 3 is 2.76 bits per heavy atom. The molecule has 0 aliphatic heterocycles. The average molecular weight is 230 g/mol. The lowest BCUT2D eigenvalue weighted by molar-refractivity contribution is 0.600. The van der Waals surface area contributed by atoms with Crippen LogP contribution in [0.1, 0.15) is 11.1 Å². The quantitative estimate of drug-likeness (QED) is 0.877. The summed E-state index contributed by atoms with van der Waals surface area (Å²) < 4.78 is 13.9. The minimum absolute atomic E-state index is 0.181. The fourth-order valence-electron chi connectivity index (χ4n) is 1.88. The van der Waals surface area contributed by atoms with Crippen LogP contribution in [0.2, 0.25) is 0 Å². The zero-order valence-electron chi connectivity index (χ0n) is 10.00. The van der Waals surface area contributed by atoms with E-state index in [0.29, 0.717) is 12.1 Å². The van der Waals surface area contributed by atoms with Crippen LogP contribution in [0.5, 0.6) is 0 Å². The number of nitrogens with one attached hydrogen (secondary N) is 1. The van der Waals surface area contributed by atoms with Gasteiger partial charge >= 0.3 is 0 Å². The van der Waals surface area contributed by atoms with Gasteiger partial charge in [0.15, 0.2) is 0 Å². The van der Waals surface area contributed by atoms with Crippen molar-refractivity contribution in [1.82, 2.24) is 10.3 Å². The van der Waals surface area contributed by atoms with Crippen LogP contribution in [0.3, 0.4) is 0 Å². The van der Waals surface area contributed by atoms with E-state index >= 15 is 0 Å². The third-order valence-electron chi connectivity index (χ3n) is 2.63. The molecule has 1 heterocycles. The molecule has 1 aromatic carbocycles. The Morgan fingerprint density at radius 2 is 2.12 bits per heavy atom. The van der Waals surface area contributed by atoms with Gasteiger partial charge in [-0.05, 0) is 43.8 Å². The summed E-state index contributed by atoms with van der Waals surface area (Å²) in [5.74, 6) is -0.181. The minimum atomic E-state index is -0.181. The SMILES string of the molecule is CNCc1c(F)cc(C)cc1-c1ccccn1. The first-order chi connectivity index (χ1) is 8.22. The molecular formula is C14H15FN2. The van der Waals surface area contributed by atoms with E-state index in [4.69, 9.17) is 0 Å². The predicted molar refractivity (Wildman–Crippen MR) is 67.1 cm³/mol. The standard InChI is InChI=1S/C14H15FN2/c1-10-7-11(14-5-3-4-6-17-14)12(9-16-2)13(15)8-10/h3-8,16H,9H2,1-2H3. The lowest BCUT2D eigenvalue weighted by atomic mass is 10.0. The maximum Gasteiger partial charge on any atom is 0.128 e. The summed E-state index contributed by atoms with van der Waals surface area (Å²) in [6.07, 6.45) is 1.72. The van der Waals surface area contributed by atoms with Crippen LogP contribution in [0, 0.1) is 12.7 Å². The molecule has 2 nitrogen and oxygen atoms in total. The van der Waals surface area contributed by atoms with Gasteiger partial charge in [-0.3, -0.25) is 4.98 Å². The summed E-state index contributed by atoms with van der Waals surface area (Å²) in [6, 6.07) is 9.18. The molecule has 1 N–H and O–H groups in total. The molecule has 0 aliphatic carbocycles. The van der Waals surface area contributed by atoms with Crippen molar-refractivity contribution in [2.24, 2.45) is 0 Å². The Balaban J connectivity index is 2.59. The monoisotopic (exact) mass is 230 g/mol. The number of hydrogen-bond donors (Lipinski definition) is 1. The van der Waals surface area contributed by atoms with E-state index in [-0.39, 0.29) is 5.82 Å². The second-order valence-electron chi connectivity index (χ2n) is 4.02. The molecule has 3 heteroatoms. The summed E-state index contributed by atoms with van der Waals surface area (Å²) in [4.78, 5) is 4.28. The van der Waals surface area contributed by atoms with Crippen molar-refractivity contribution in [3.8, 4) is 11.3 Å². The highest BCUT2D eigenvalue weighted by Gasteiger charge is 2.11. The van der Waals surface area contributed by atoms with E-state index in [2.05, 4.69) is 10.3 Å². The summed E-state index contributed by atoms with van der Waals surface area (Å²) in [6.45, 7) is 2.39.